The maximum atomic E-state index is 13.8. The maximum Gasteiger partial charge on any atom is 0.417 e. The van der Waals surface area contributed by atoms with Crippen molar-refractivity contribution in [2.75, 3.05) is 0 Å². The normalized spacial score (nSPS) is 13.4. The number of halogens is 3. The Morgan fingerprint density at radius 1 is 0.971 bits per heavy atom. The largest absolute Gasteiger partial charge is 0.417 e. The van der Waals surface area contributed by atoms with Gasteiger partial charge in [0.15, 0.2) is 5.78 Å². The predicted molar refractivity (Wildman–Crippen MR) is 129 cm³/mol. The van der Waals surface area contributed by atoms with Crippen molar-refractivity contribution >= 4 is 27.5 Å². The third-order valence-electron chi connectivity index (χ3n) is 5.74. The molecule has 0 aliphatic rings. The van der Waals surface area contributed by atoms with Gasteiger partial charge in [-0.2, -0.15) is 13.2 Å². The summed E-state index contributed by atoms with van der Waals surface area (Å²) >= 11 is 0. The lowest BCUT2D eigenvalue weighted by atomic mass is 9.85. The highest BCUT2D eigenvalue weighted by Gasteiger charge is 2.34. The molecule has 176 valence electrons. The van der Waals surface area contributed by atoms with Gasteiger partial charge in [-0.1, -0.05) is 42.5 Å². The molecule has 0 aliphatic carbocycles. The highest BCUT2D eigenvalue weighted by atomic mass is 19.4. The van der Waals surface area contributed by atoms with E-state index in [1.807, 2.05) is 58.0 Å². The average Bonchev–Trinajstić information content (AvgIpc) is 2.74. The van der Waals surface area contributed by atoms with Crippen molar-refractivity contribution in [2.24, 2.45) is 0 Å². The fraction of sp³-hybridized carbons (Fsp3) is 0.286. The Morgan fingerprint density at radius 2 is 1.65 bits per heavy atom. The molecule has 3 nitrogen and oxygen atoms in total. The van der Waals surface area contributed by atoms with Gasteiger partial charge >= 0.3 is 6.18 Å². The van der Waals surface area contributed by atoms with Crippen LogP contribution in [0.2, 0.25) is 0 Å². The first kappa shape index (κ1) is 23.9. The van der Waals surface area contributed by atoms with E-state index < -0.39 is 23.4 Å². The molecule has 4 aromatic rings. The highest BCUT2D eigenvalue weighted by Crippen LogP contribution is 2.44. The van der Waals surface area contributed by atoms with Crippen LogP contribution >= 0.6 is 0 Å². The van der Waals surface area contributed by atoms with Gasteiger partial charge in [-0.05, 0) is 74.2 Å². The van der Waals surface area contributed by atoms with Crippen LogP contribution in [0.3, 0.4) is 0 Å². The molecular weight excluding hydrogens is 439 g/mol. The number of alkyl halides is 3. The van der Waals surface area contributed by atoms with E-state index in [0.29, 0.717) is 16.7 Å². The number of rotatable bonds is 4. The Hall–Kier alpha value is -3.25. The number of ketones is 1. The van der Waals surface area contributed by atoms with Crippen molar-refractivity contribution in [3.05, 3.63) is 77.5 Å². The SMILES string of the molecule is CC(=O)[C@@H](OC(C)(C)C)c1c(C)cc2ccccc2c1-c1ccc(C(F)(F)F)c2cccnc12. The molecule has 0 bridgehead atoms. The lowest BCUT2D eigenvalue weighted by Gasteiger charge is -2.30. The third kappa shape index (κ3) is 4.42. The molecular formula is C28H26F3NO2. The molecule has 0 saturated heterocycles. The van der Waals surface area contributed by atoms with Crippen LogP contribution in [0.25, 0.3) is 32.8 Å². The lowest BCUT2D eigenvalue weighted by molar-refractivity contribution is -0.138. The van der Waals surface area contributed by atoms with E-state index in [0.717, 1.165) is 22.4 Å². The number of pyridine rings is 1. The summed E-state index contributed by atoms with van der Waals surface area (Å²) < 4.78 is 47.5. The molecule has 0 N–H and O–H groups in total. The fourth-order valence-electron chi connectivity index (χ4n) is 4.45. The number of ether oxygens (including phenoxy) is 1. The molecule has 4 rings (SSSR count). The zero-order valence-electron chi connectivity index (χ0n) is 19.7. The van der Waals surface area contributed by atoms with Crippen LogP contribution in [-0.4, -0.2) is 16.4 Å². The summed E-state index contributed by atoms with van der Waals surface area (Å²) in [7, 11) is 0. The minimum Gasteiger partial charge on any atom is -0.360 e. The van der Waals surface area contributed by atoms with Gasteiger partial charge in [0.25, 0.3) is 0 Å². The van der Waals surface area contributed by atoms with Crippen LogP contribution in [0.5, 0.6) is 0 Å². The second-order valence-corrected chi connectivity index (χ2v) is 9.48. The van der Waals surface area contributed by atoms with Crippen LogP contribution < -0.4 is 0 Å². The van der Waals surface area contributed by atoms with Crippen molar-refractivity contribution < 1.29 is 22.7 Å². The second-order valence-electron chi connectivity index (χ2n) is 9.48. The lowest BCUT2D eigenvalue weighted by Crippen LogP contribution is -2.27. The molecule has 6 heteroatoms. The number of hydrogen-bond donors (Lipinski definition) is 0. The van der Waals surface area contributed by atoms with Crippen LogP contribution in [0.1, 0.15) is 50.5 Å². The van der Waals surface area contributed by atoms with Gasteiger partial charge in [0.1, 0.15) is 6.10 Å². The monoisotopic (exact) mass is 465 g/mol. The quantitative estimate of drug-likeness (QED) is 0.308. The Bertz CT molecular complexity index is 1400. The molecule has 0 fully saturated rings. The number of hydrogen-bond acceptors (Lipinski definition) is 3. The molecule has 0 aliphatic heterocycles. The molecule has 1 aromatic heterocycles. The molecule has 1 atom stereocenters. The van der Waals surface area contributed by atoms with Crippen LogP contribution in [0, 0.1) is 6.92 Å². The zero-order valence-corrected chi connectivity index (χ0v) is 19.7. The summed E-state index contributed by atoms with van der Waals surface area (Å²) in [5.41, 5.74) is 1.53. The first-order valence-electron chi connectivity index (χ1n) is 11.0. The number of Topliss-reactive ketones (excluding diaryl/α,β-unsaturated/α-hetero) is 1. The second kappa shape index (κ2) is 8.51. The van der Waals surface area contributed by atoms with Crippen LogP contribution in [-0.2, 0) is 15.7 Å². The Kier molecular flexibility index (Phi) is 5.98. The summed E-state index contributed by atoms with van der Waals surface area (Å²) in [5, 5.41) is 1.75. The van der Waals surface area contributed by atoms with Crippen molar-refractivity contribution in [1.82, 2.24) is 4.98 Å². The summed E-state index contributed by atoms with van der Waals surface area (Å²) in [4.78, 5) is 17.2. The summed E-state index contributed by atoms with van der Waals surface area (Å²) in [6.07, 6.45) is -3.92. The van der Waals surface area contributed by atoms with E-state index in [9.17, 15) is 18.0 Å². The smallest absolute Gasteiger partial charge is 0.360 e. The van der Waals surface area contributed by atoms with E-state index in [2.05, 4.69) is 4.98 Å². The first-order chi connectivity index (χ1) is 15.9. The minimum absolute atomic E-state index is 0.0140. The van der Waals surface area contributed by atoms with Crippen molar-refractivity contribution in [3.8, 4) is 11.1 Å². The minimum atomic E-state index is -4.52. The van der Waals surface area contributed by atoms with E-state index in [-0.39, 0.29) is 16.7 Å². The predicted octanol–water partition coefficient (Wildman–Crippen LogP) is 7.83. The van der Waals surface area contributed by atoms with Gasteiger partial charge in [-0.25, -0.2) is 0 Å². The number of carbonyl (C=O) groups excluding carboxylic acids is 1. The van der Waals surface area contributed by atoms with Crippen LogP contribution in [0.15, 0.2) is 60.8 Å². The number of aryl methyl sites for hydroxylation is 1. The summed E-state index contributed by atoms with van der Waals surface area (Å²) in [6.45, 7) is 8.97. The van der Waals surface area contributed by atoms with Gasteiger partial charge < -0.3 is 4.74 Å². The van der Waals surface area contributed by atoms with Gasteiger partial charge in [0.05, 0.1) is 16.7 Å². The molecule has 1 heterocycles. The van der Waals surface area contributed by atoms with Gasteiger partial charge in [0, 0.05) is 17.1 Å². The molecule has 0 unspecified atom stereocenters. The van der Waals surface area contributed by atoms with Gasteiger partial charge in [-0.3, -0.25) is 9.78 Å². The van der Waals surface area contributed by atoms with Crippen molar-refractivity contribution in [3.63, 3.8) is 0 Å². The average molecular weight is 466 g/mol. The molecule has 0 spiro atoms. The number of benzene rings is 3. The van der Waals surface area contributed by atoms with Crippen LogP contribution in [0.4, 0.5) is 13.2 Å². The highest BCUT2D eigenvalue weighted by molar-refractivity contribution is 6.07. The van der Waals surface area contributed by atoms with Gasteiger partial charge in [-0.15, -0.1) is 0 Å². The number of nitrogens with zero attached hydrogens (tertiary/aromatic N) is 1. The van der Waals surface area contributed by atoms with E-state index in [4.69, 9.17) is 4.74 Å². The first-order valence-corrected chi connectivity index (χ1v) is 11.0. The Labute approximate surface area is 196 Å². The molecule has 3 aromatic carbocycles. The molecule has 0 radical (unpaired) electrons. The summed E-state index contributed by atoms with van der Waals surface area (Å²) in [6, 6.07) is 15.1. The van der Waals surface area contributed by atoms with Crippen molar-refractivity contribution in [1.29, 1.82) is 0 Å². The number of carbonyl (C=O) groups is 1. The standard InChI is InChI=1S/C28H26F3NO2/c1-16-15-18-9-6-7-10-19(18)24(23(16)26(17(2)33)34-27(3,4)5)21-12-13-22(28(29,30)31)20-11-8-14-32-25(20)21/h6-15,26H,1-5H3/t26-/m1/s1. The van der Waals surface area contributed by atoms with E-state index in [1.54, 1.807) is 0 Å². The van der Waals surface area contributed by atoms with Crippen molar-refractivity contribution in [2.45, 2.75) is 52.5 Å². The summed E-state index contributed by atoms with van der Waals surface area (Å²) in [5.74, 6) is -0.182. The number of aromatic nitrogens is 1. The zero-order chi connectivity index (χ0) is 24.8. The Morgan fingerprint density at radius 3 is 2.29 bits per heavy atom. The molecule has 0 saturated carbocycles. The van der Waals surface area contributed by atoms with E-state index >= 15 is 0 Å². The number of fused-ring (bicyclic) bond motifs is 2. The molecule has 34 heavy (non-hydrogen) atoms. The fourth-order valence-corrected chi connectivity index (χ4v) is 4.45. The topological polar surface area (TPSA) is 39.2 Å². The third-order valence-corrected chi connectivity index (χ3v) is 5.74. The Balaban J connectivity index is 2.16. The van der Waals surface area contributed by atoms with Gasteiger partial charge in [0.2, 0.25) is 0 Å². The molecule has 0 amide bonds. The van der Waals surface area contributed by atoms with E-state index in [1.165, 1.54) is 31.3 Å². The maximum absolute atomic E-state index is 13.8.